The standard InChI is InChI=1S/C25H25FN4O2S/c1-15(2)32-18-12-10-16(11-13-18)23-22-20(8-5-9-21(22)31)27-24-28-25(29-30(23)24)33-14-17-6-3-4-7-19(17)26/h3-4,6-7,10-13,15,23H,5,8-9,14H2,1-2H3,(H,27,28,29). The van der Waals surface area contributed by atoms with E-state index in [0.717, 1.165) is 35.4 Å². The van der Waals surface area contributed by atoms with E-state index in [1.807, 2.05) is 44.2 Å². The molecule has 8 heteroatoms. The van der Waals surface area contributed by atoms with E-state index in [4.69, 9.17) is 9.84 Å². The number of carbonyl (C=O) groups excluding carboxylic acids is 1. The first-order chi connectivity index (χ1) is 16.0. The molecule has 1 N–H and O–H groups in total. The number of ketones is 1. The van der Waals surface area contributed by atoms with E-state index in [1.165, 1.54) is 17.8 Å². The van der Waals surface area contributed by atoms with Crippen molar-refractivity contribution in [2.75, 3.05) is 5.32 Å². The molecule has 1 unspecified atom stereocenters. The van der Waals surface area contributed by atoms with E-state index in [0.29, 0.717) is 28.8 Å². The summed E-state index contributed by atoms with van der Waals surface area (Å²) in [7, 11) is 0. The number of carbonyl (C=O) groups is 1. The predicted octanol–water partition coefficient (Wildman–Crippen LogP) is 5.52. The molecule has 1 aliphatic heterocycles. The number of rotatable bonds is 6. The molecular formula is C25H25FN4O2S. The van der Waals surface area contributed by atoms with Gasteiger partial charge in [0.25, 0.3) is 0 Å². The summed E-state index contributed by atoms with van der Waals surface area (Å²) in [5, 5.41) is 8.59. The van der Waals surface area contributed by atoms with Gasteiger partial charge in [-0.05, 0) is 56.0 Å². The highest BCUT2D eigenvalue weighted by molar-refractivity contribution is 7.98. The van der Waals surface area contributed by atoms with Crippen molar-refractivity contribution in [2.45, 2.75) is 56.2 Å². The summed E-state index contributed by atoms with van der Waals surface area (Å²) >= 11 is 1.38. The van der Waals surface area contributed by atoms with E-state index < -0.39 is 0 Å². The summed E-state index contributed by atoms with van der Waals surface area (Å²) in [5.41, 5.74) is 3.23. The number of ether oxygens (including phenoxy) is 1. The number of thioether (sulfide) groups is 1. The first kappa shape index (κ1) is 21.7. The van der Waals surface area contributed by atoms with Crippen LogP contribution >= 0.6 is 11.8 Å². The fourth-order valence-corrected chi connectivity index (χ4v) is 5.08. The maximum atomic E-state index is 14.0. The number of allylic oxidation sites excluding steroid dienone is 2. The van der Waals surface area contributed by atoms with Crippen molar-refractivity contribution in [1.29, 1.82) is 0 Å². The van der Waals surface area contributed by atoms with Crippen LogP contribution in [0.25, 0.3) is 0 Å². The lowest BCUT2D eigenvalue weighted by Crippen LogP contribution is -2.31. The molecular weight excluding hydrogens is 439 g/mol. The normalized spacial score (nSPS) is 17.6. The molecule has 0 saturated carbocycles. The van der Waals surface area contributed by atoms with E-state index in [2.05, 4.69) is 10.3 Å². The Hall–Kier alpha value is -3.13. The zero-order valence-electron chi connectivity index (χ0n) is 18.5. The predicted molar refractivity (Wildman–Crippen MR) is 126 cm³/mol. The molecule has 0 fully saturated rings. The van der Waals surface area contributed by atoms with Gasteiger partial charge >= 0.3 is 0 Å². The summed E-state index contributed by atoms with van der Waals surface area (Å²) in [6, 6.07) is 14.2. The molecule has 3 aromatic rings. The van der Waals surface area contributed by atoms with Crippen LogP contribution in [0.15, 0.2) is 65.0 Å². The Morgan fingerprint density at radius 1 is 1.18 bits per heavy atom. The zero-order valence-corrected chi connectivity index (χ0v) is 19.4. The molecule has 33 heavy (non-hydrogen) atoms. The Kier molecular flexibility index (Phi) is 5.93. The van der Waals surface area contributed by atoms with Crippen molar-refractivity contribution < 1.29 is 13.9 Å². The SMILES string of the molecule is CC(C)Oc1ccc(C2C3=C(CCCC3=O)Nc3nc(SCc4ccccc4F)nn32)cc1. The Morgan fingerprint density at radius 3 is 2.73 bits per heavy atom. The average Bonchev–Trinajstić information content (AvgIpc) is 3.20. The molecule has 6 nitrogen and oxygen atoms in total. The summed E-state index contributed by atoms with van der Waals surface area (Å²) < 4.78 is 21.6. The van der Waals surface area contributed by atoms with Gasteiger partial charge in [-0.1, -0.05) is 42.1 Å². The lowest BCUT2D eigenvalue weighted by atomic mass is 9.85. The molecule has 1 atom stereocenters. The minimum Gasteiger partial charge on any atom is -0.491 e. The molecule has 2 heterocycles. The van der Waals surface area contributed by atoms with Gasteiger partial charge in [0.05, 0.1) is 6.10 Å². The smallest absolute Gasteiger partial charge is 0.227 e. The van der Waals surface area contributed by atoms with E-state index >= 15 is 0 Å². The summed E-state index contributed by atoms with van der Waals surface area (Å²) in [5.74, 6) is 1.71. The van der Waals surface area contributed by atoms with Gasteiger partial charge in [-0.25, -0.2) is 9.07 Å². The third kappa shape index (κ3) is 4.39. The second-order valence-corrected chi connectivity index (χ2v) is 9.42. The van der Waals surface area contributed by atoms with Crippen molar-refractivity contribution in [1.82, 2.24) is 14.8 Å². The molecule has 2 aliphatic rings. The second-order valence-electron chi connectivity index (χ2n) is 8.47. The van der Waals surface area contributed by atoms with Crippen molar-refractivity contribution in [3.05, 3.63) is 76.7 Å². The molecule has 170 valence electrons. The molecule has 0 saturated heterocycles. The monoisotopic (exact) mass is 464 g/mol. The maximum absolute atomic E-state index is 14.0. The minimum absolute atomic E-state index is 0.0833. The van der Waals surface area contributed by atoms with Crippen molar-refractivity contribution in [2.24, 2.45) is 0 Å². The van der Waals surface area contributed by atoms with Crippen LogP contribution in [0.2, 0.25) is 0 Å². The van der Waals surface area contributed by atoms with E-state index in [1.54, 1.807) is 16.8 Å². The number of halogens is 1. The number of hydrogen-bond donors (Lipinski definition) is 1. The van der Waals surface area contributed by atoms with Gasteiger partial charge in [-0.3, -0.25) is 4.79 Å². The number of hydrogen-bond acceptors (Lipinski definition) is 6. The summed E-state index contributed by atoms with van der Waals surface area (Å²) in [4.78, 5) is 17.6. The highest BCUT2D eigenvalue weighted by Gasteiger charge is 2.36. The number of fused-ring (bicyclic) bond motifs is 1. The van der Waals surface area contributed by atoms with Gasteiger partial charge in [0.1, 0.15) is 17.6 Å². The Bertz CT molecular complexity index is 1220. The molecule has 1 aromatic heterocycles. The topological polar surface area (TPSA) is 69.0 Å². The van der Waals surface area contributed by atoms with Gasteiger partial charge in [0, 0.05) is 23.4 Å². The van der Waals surface area contributed by atoms with Crippen LogP contribution in [0, 0.1) is 5.82 Å². The molecule has 0 amide bonds. The quantitative estimate of drug-likeness (QED) is 0.485. The number of Topliss-reactive ketones (excluding diaryl/α,β-unsaturated/α-hetero) is 1. The first-order valence-electron chi connectivity index (χ1n) is 11.1. The van der Waals surface area contributed by atoms with Crippen LogP contribution in [0.5, 0.6) is 5.75 Å². The molecule has 2 aromatic carbocycles. The Labute approximate surface area is 196 Å². The van der Waals surface area contributed by atoms with Crippen LogP contribution in [0.1, 0.15) is 50.3 Å². The van der Waals surface area contributed by atoms with Gasteiger partial charge in [0.15, 0.2) is 5.78 Å². The lowest BCUT2D eigenvalue weighted by molar-refractivity contribution is -0.116. The number of anilines is 1. The van der Waals surface area contributed by atoms with Gasteiger partial charge < -0.3 is 10.1 Å². The van der Waals surface area contributed by atoms with Crippen molar-refractivity contribution in [3.63, 3.8) is 0 Å². The molecule has 0 bridgehead atoms. The van der Waals surface area contributed by atoms with E-state index in [9.17, 15) is 9.18 Å². The molecule has 0 spiro atoms. The molecule has 5 rings (SSSR count). The molecule has 1 aliphatic carbocycles. The highest BCUT2D eigenvalue weighted by Crippen LogP contribution is 2.41. The third-order valence-corrected chi connectivity index (χ3v) is 6.62. The third-order valence-electron chi connectivity index (χ3n) is 5.73. The summed E-state index contributed by atoms with van der Waals surface area (Å²) in [6.07, 6.45) is 2.24. The Morgan fingerprint density at radius 2 is 1.97 bits per heavy atom. The summed E-state index contributed by atoms with van der Waals surface area (Å²) in [6.45, 7) is 3.97. The number of nitrogens with zero attached hydrogens (tertiary/aromatic N) is 3. The minimum atomic E-state index is -0.354. The fraction of sp³-hybridized carbons (Fsp3) is 0.320. The number of benzene rings is 2. The maximum Gasteiger partial charge on any atom is 0.227 e. The van der Waals surface area contributed by atoms with Crippen molar-refractivity contribution >= 4 is 23.5 Å². The fourth-order valence-electron chi connectivity index (χ4n) is 4.26. The van der Waals surface area contributed by atoms with Crippen LogP contribution in [-0.4, -0.2) is 26.7 Å². The van der Waals surface area contributed by atoms with Crippen LogP contribution < -0.4 is 10.1 Å². The van der Waals surface area contributed by atoms with Crippen molar-refractivity contribution in [3.8, 4) is 5.75 Å². The van der Waals surface area contributed by atoms with Crippen LogP contribution in [0.3, 0.4) is 0 Å². The van der Waals surface area contributed by atoms with Crippen LogP contribution in [0.4, 0.5) is 10.3 Å². The van der Waals surface area contributed by atoms with E-state index in [-0.39, 0.29) is 23.7 Å². The molecule has 0 radical (unpaired) electrons. The first-order valence-corrected chi connectivity index (χ1v) is 12.1. The second kappa shape index (κ2) is 9.02. The van der Waals surface area contributed by atoms with Gasteiger partial charge in [-0.15, -0.1) is 5.10 Å². The highest BCUT2D eigenvalue weighted by atomic mass is 32.2. The number of aromatic nitrogens is 3. The van der Waals surface area contributed by atoms with Crippen LogP contribution in [-0.2, 0) is 10.5 Å². The number of nitrogens with one attached hydrogen (secondary N) is 1. The average molecular weight is 465 g/mol. The zero-order chi connectivity index (χ0) is 22.9. The lowest BCUT2D eigenvalue weighted by Gasteiger charge is -2.32. The van der Waals surface area contributed by atoms with Gasteiger partial charge in [0.2, 0.25) is 11.1 Å². The Balaban J connectivity index is 1.48. The van der Waals surface area contributed by atoms with Gasteiger partial charge in [-0.2, -0.15) is 4.98 Å². The largest absolute Gasteiger partial charge is 0.491 e.